The van der Waals surface area contributed by atoms with Gasteiger partial charge in [-0.2, -0.15) is 0 Å². The van der Waals surface area contributed by atoms with Crippen molar-refractivity contribution in [3.05, 3.63) is 77.2 Å². The van der Waals surface area contributed by atoms with Gasteiger partial charge >= 0.3 is 0 Å². The minimum Gasteiger partial charge on any atom is -0.416 e. The van der Waals surface area contributed by atoms with Crippen LogP contribution in [0.1, 0.15) is 65.4 Å². The second kappa shape index (κ2) is 9.20. The van der Waals surface area contributed by atoms with E-state index in [4.69, 9.17) is 4.42 Å². The number of benzene rings is 2. The van der Waals surface area contributed by atoms with Gasteiger partial charge in [0.2, 0.25) is 5.89 Å². The molecule has 0 aliphatic heterocycles. The van der Waals surface area contributed by atoms with E-state index in [1.54, 1.807) is 0 Å². The Bertz CT molecular complexity index is 900. The molecule has 0 bridgehead atoms. The van der Waals surface area contributed by atoms with Crippen LogP contribution in [-0.4, -0.2) is 21.7 Å². The zero-order valence-corrected chi connectivity index (χ0v) is 16.7. The topological polar surface area (TPSA) is 56.0 Å². The highest BCUT2D eigenvalue weighted by atomic mass is 32.2. The average molecular weight is 393 g/mol. The van der Waals surface area contributed by atoms with Gasteiger partial charge in [-0.25, -0.2) is 0 Å². The van der Waals surface area contributed by atoms with Gasteiger partial charge in [0.25, 0.3) is 5.22 Å². The van der Waals surface area contributed by atoms with Crippen molar-refractivity contribution in [3.63, 3.8) is 0 Å². The van der Waals surface area contributed by atoms with Crippen molar-refractivity contribution in [1.29, 1.82) is 0 Å². The van der Waals surface area contributed by atoms with E-state index in [1.807, 2.05) is 42.5 Å². The van der Waals surface area contributed by atoms with E-state index in [0.717, 1.165) is 11.1 Å². The first kappa shape index (κ1) is 18.9. The molecule has 0 radical (unpaired) electrons. The summed E-state index contributed by atoms with van der Waals surface area (Å²) in [6.45, 7) is 0. The summed E-state index contributed by atoms with van der Waals surface area (Å²) in [6, 6.07) is 18.2. The van der Waals surface area contributed by atoms with Gasteiger partial charge < -0.3 is 4.42 Å². The Hall–Kier alpha value is -2.40. The molecule has 1 aliphatic rings. The predicted molar refractivity (Wildman–Crippen MR) is 111 cm³/mol. The number of ketones is 1. The number of aromatic nitrogens is 2. The maximum Gasteiger partial charge on any atom is 0.277 e. The zero-order valence-electron chi connectivity index (χ0n) is 15.8. The highest BCUT2D eigenvalue weighted by Gasteiger charge is 2.16. The standard InChI is InChI=1S/C23H24N2O2S/c26-21(20-13-11-19(12-14-20)18-9-5-2-6-10-18)16-28-23-25-24-22(27-23)15-17-7-3-1-4-8-17/h1,3-4,7-8,11-14,18H,2,5-6,9-10,15-16H2. The maximum atomic E-state index is 12.5. The fraction of sp³-hybridized carbons (Fsp3) is 0.348. The minimum atomic E-state index is 0.0861. The monoisotopic (exact) mass is 392 g/mol. The van der Waals surface area contributed by atoms with Gasteiger partial charge in [0.1, 0.15) is 0 Å². The summed E-state index contributed by atoms with van der Waals surface area (Å²) in [5, 5.41) is 8.57. The molecular formula is C23H24N2O2S. The normalized spacial score (nSPS) is 14.9. The van der Waals surface area contributed by atoms with Crippen molar-refractivity contribution in [2.45, 2.75) is 49.7 Å². The summed E-state index contributed by atoms with van der Waals surface area (Å²) < 4.78 is 5.66. The third-order valence-electron chi connectivity index (χ3n) is 5.28. The molecule has 1 aromatic heterocycles. The molecule has 1 fully saturated rings. The van der Waals surface area contributed by atoms with Crippen LogP contribution in [0.15, 0.2) is 64.2 Å². The van der Waals surface area contributed by atoms with Crippen molar-refractivity contribution in [1.82, 2.24) is 10.2 Å². The first-order valence-corrected chi connectivity index (χ1v) is 10.9. The van der Waals surface area contributed by atoms with Crippen LogP contribution in [0.3, 0.4) is 0 Å². The molecule has 1 saturated carbocycles. The number of Topliss-reactive ketones (excluding diaryl/α,β-unsaturated/α-hetero) is 1. The van der Waals surface area contributed by atoms with E-state index in [9.17, 15) is 4.79 Å². The lowest BCUT2D eigenvalue weighted by Crippen LogP contribution is -2.06. The molecule has 0 atom stereocenters. The van der Waals surface area contributed by atoms with Crippen LogP contribution in [0.2, 0.25) is 0 Å². The Kier molecular flexibility index (Phi) is 6.22. The van der Waals surface area contributed by atoms with Crippen LogP contribution in [0.4, 0.5) is 0 Å². The summed E-state index contributed by atoms with van der Waals surface area (Å²) in [5.41, 5.74) is 3.24. The molecule has 4 nitrogen and oxygen atoms in total. The molecule has 1 aliphatic carbocycles. The van der Waals surface area contributed by atoms with Crippen molar-refractivity contribution in [2.75, 3.05) is 5.75 Å². The van der Waals surface area contributed by atoms with Gasteiger partial charge in [0.15, 0.2) is 5.78 Å². The molecule has 144 valence electrons. The Balaban J connectivity index is 1.30. The Labute approximate surface area is 169 Å². The van der Waals surface area contributed by atoms with Crippen LogP contribution in [-0.2, 0) is 6.42 Å². The van der Waals surface area contributed by atoms with E-state index >= 15 is 0 Å². The molecule has 0 N–H and O–H groups in total. The highest BCUT2D eigenvalue weighted by Crippen LogP contribution is 2.32. The maximum absolute atomic E-state index is 12.5. The third-order valence-corrected chi connectivity index (χ3v) is 6.10. The lowest BCUT2D eigenvalue weighted by molar-refractivity contribution is 0.102. The van der Waals surface area contributed by atoms with Crippen LogP contribution in [0, 0.1) is 0 Å². The third kappa shape index (κ3) is 4.90. The molecule has 0 unspecified atom stereocenters. The van der Waals surface area contributed by atoms with Crippen molar-refractivity contribution >= 4 is 17.5 Å². The first-order valence-electron chi connectivity index (χ1n) is 9.90. The number of nitrogens with zero attached hydrogens (tertiary/aromatic N) is 2. The fourth-order valence-electron chi connectivity index (χ4n) is 3.73. The van der Waals surface area contributed by atoms with Gasteiger partial charge in [0, 0.05) is 5.56 Å². The SMILES string of the molecule is O=C(CSc1nnc(Cc2ccccc2)o1)c1ccc(C2CCCCC2)cc1. The Morgan fingerprint density at radius 3 is 2.46 bits per heavy atom. The van der Waals surface area contributed by atoms with E-state index in [2.05, 4.69) is 22.3 Å². The quantitative estimate of drug-likeness (QED) is 0.382. The molecule has 0 saturated heterocycles. The van der Waals surface area contributed by atoms with Crippen LogP contribution in [0.5, 0.6) is 0 Å². The van der Waals surface area contributed by atoms with E-state index in [1.165, 1.54) is 49.4 Å². The zero-order chi connectivity index (χ0) is 19.2. The summed E-state index contributed by atoms with van der Waals surface area (Å²) in [6.07, 6.45) is 7.13. The van der Waals surface area contributed by atoms with E-state index in [-0.39, 0.29) is 5.78 Å². The molecular weight excluding hydrogens is 368 g/mol. The van der Waals surface area contributed by atoms with Crippen LogP contribution in [0.25, 0.3) is 0 Å². The molecule has 4 rings (SSSR count). The van der Waals surface area contributed by atoms with Crippen LogP contribution < -0.4 is 0 Å². The lowest BCUT2D eigenvalue weighted by Gasteiger charge is -2.22. The van der Waals surface area contributed by atoms with Gasteiger partial charge in [-0.05, 0) is 29.9 Å². The summed E-state index contributed by atoms with van der Waals surface area (Å²) in [5.74, 6) is 1.62. The van der Waals surface area contributed by atoms with Crippen molar-refractivity contribution in [3.8, 4) is 0 Å². The van der Waals surface area contributed by atoms with Gasteiger partial charge in [-0.1, -0.05) is 85.6 Å². The number of hydrogen-bond acceptors (Lipinski definition) is 5. The number of carbonyl (C=O) groups excluding carboxylic acids is 1. The number of rotatable bonds is 7. The van der Waals surface area contributed by atoms with Crippen LogP contribution >= 0.6 is 11.8 Å². The average Bonchev–Trinajstić information content (AvgIpc) is 3.21. The molecule has 2 aromatic carbocycles. The molecule has 1 heterocycles. The number of carbonyl (C=O) groups is 1. The van der Waals surface area contributed by atoms with Gasteiger partial charge in [-0.3, -0.25) is 4.79 Å². The fourth-order valence-corrected chi connectivity index (χ4v) is 4.40. The Morgan fingerprint density at radius 1 is 0.964 bits per heavy atom. The van der Waals surface area contributed by atoms with Crippen molar-refractivity contribution < 1.29 is 9.21 Å². The summed E-state index contributed by atoms with van der Waals surface area (Å²) in [7, 11) is 0. The minimum absolute atomic E-state index is 0.0861. The molecule has 5 heteroatoms. The predicted octanol–water partition coefficient (Wildman–Crippen LogP) is 5.68. The number of hydrogen-bond donors (Lipinski definition) is 0. The molecule has 28 heavy (non-hydrogen) atoms. The number of thioether (sulfide) groups is 1. The first-order chi connectivity index (χ1) is 13.8. The summed E-state index contributed by atoms with van der Waals surface area (Å²) >= 11 is 1.30. The second-order valence-electron chi connectivity index (χ2n) is 7.29. The highest BCUT2D eigenvalue weighted by molar-refractivity contribution is 7.99. The summed E-state index contributed by atoms with van der Waals surface area (Å²) in [4.78, 5) is 12.5. The van der Waals surface area contributed by atoms with E-state index < -0.39 is 0 Å². The van der Waals surface area contributed by atoms with E-state index in [0.29, 0.717) is 29.2 Å². The molecule has 0 amide bonds. The Morgan fingerprint density at radius 2 is 1.71 bits per heavy atom. The molecule has 3 aromatic rings. The van der Waals surface area contributed by atoms with Gasteiger partial charge in [-0.15, -0.1) is 10.2 Å². The van der Waals surface area contributed by atoms with Crippen molar-refractivity contribution in [2.24, 2.45) is 0 Å². The molecule has 0 spiro atoms. The lowest BCUT2D eigenvalue weighted by atomic mass is 9.84. The van der Waals surface area contributed by atoms with Gasteiger partial charge in [0.05, 0.1) is 12.2 Å². The largest absolute Gasteiger partial charge is 0.416 e. The smallest absolute Gasteiger partial charge is 0.277 e. The second-order valence-corrected chi connectivity index (χ2v) is 8.22.